The van der Waals surface area contributed by atoms with Crippen LogP contribution in [0.15, 0.2) is 48.5 Å². The molecule has 1 saturated heterocycles. The van der Waals surface area contributed by atoms with Crippen LogP contribution in [-0.2, 0) is 9.59 Å². The maximum atomic E-state index is 13.6. The van der Waals surface area contributed by atoms with Crippen molar-refractivity contribution >= 4 is 29.2 Å². The van der Waals surface area contributed by atoms with Crippen molar-refractivity contribution < 1.29 is 23.7 Å². The van der Waals surface area contributed by atoms with Gasteiger partial charge < -0.3 is 9.64 Å². The van der Waals surface area contributed by atoms with Crippen LogP contribution in [0.3, 0.4) is 0 Å². The third-order valence-corrected chi connectivity index (χ3v) is 6.36. The van der Waals surface area contributed by atoms with Crippen LogP contribution in [0.5, 0.6) is 5.75 Å². The van der Waals surface area contributed by atoms with Gasteiger partial charge in [-0.2, -0.15) is 9.37 Å². The van der Waals surface area contributed by atoms with E-state index in [2.05, 4.69) is 0 Å². The molecule has 0 saturated carbocycles. The number of hydrogen-bond donors (Lipinski definition) is 0. The fourth-order valence-corrected chi connectivity index (χ4v) is 4.63. The summed E-state index contributed by atoms with van der Waals surface area (Å²) in [6.45, 7) is 3.23. The topological polar surface area (TPSA) is 69.9 Å². The SMILES string of the molecule is Cc1ccc(N2C(=O)C3Oc4ccccc4C3=[N+](CC(=O)N3CCCCCC3)C2=O)cc1. The molecule has 7 nitrogen and oxygen atoms in total. The average molecular weight is 433 g/mol. The molecule has 2 aromatic rings. The van der Waals surface area contributed by atoms with Crippen molar-refractivity contribution in [2.75, 3.05) is 24.5 Å². The summed E-state index contributed by atoms with van der Waals surface area (Å²) >= 11 is 0. The van der Waals surface area contributed by atoms with E-state index in [0.717, 1.165) is 36.1 Å². The van der Waals surface area contributed by atoms with Crippen LogP contribution in [0.25, 0.3) is 0 Å². The smallest absolute Gasteiger partial charge is 0.469 e. The minimum absolute atomic E-state index is 0.103. The largest absolute Gasteiger partial charge is 0.506 e. The Kier molecular flexibility index (Phi) is 5.25. The summed E-state index contributed by atoms with van der Waals surface area (Å²) in [6, 6.07) is 14.0. The van der Waals surface area contributed by atoms with E-state index < -0.39 is 18.0 Å². The van der Waals surface area contributed by atoms with Gasteiger partial charge in [-0.3, -0.25) is 4.79 Å². The number of ether oxygens (including phenoxy) is 1. The predicted octanol–water partition coefficient (Wildman–Crippen LogP) is 3.13. The second kappa shape index (κ2) is 8.22. The number of hydrogen-bond acceptors (Lipinski definition) is 4. The van der Waals surface area contributed by atoms with Crippen LogP contribution in [0, 0.1) is 6.92 Å². The number of benzene rings is 2. The Morgan fingerprint density at radius 3 is 2.41 bits per heavy atom. The first-order chi connectivity index (χ1) is 15.5. The van der Waals surface area contributed by atoms with Crippen LogP contribution in [-0.4, -0.2) is 58.8 Å². The number of anilines is 1. The fraction of sp³-hybridized carbons (Fsp3) is 0.360. The zero-order valence-electron chi connectivity index (χ0n) is 18.1. The Morgan fingerprint density at radius 1 is 1.00 bits per heavy atom. The summed E-state index contributed by atoms with van der Waals surface area (Å²) in [4.78, 5) is 43.2. The molecule has 4 amide bonds. The summed E-state index contributed by atoms with van der Waals surface area (Å²) in [5.74, 6) is 0.00392. The van der Waals surface area contributed by atoms with Crippen molar-refractivity contribution in [1.29, 1.82) is 0 Å². The number of fused-ring (bicyclic) bond motifs is 3. The summed E-state index contributed by atoms with van der Waals surface area (Å²) in [5.41, 5.74) is 2.64. The highest BCUT2D eigenvalue weighted by Gasteiger charge is 2.54. The van der Waals surface area contributed by atoms with Gasteiger partial charge in [0.2, 0.25) is 0 Å². The Morgan fingerprint density at radius 2 is 1.69 bits per heavy atom. The van der Waals surface area contributed by atoms with Gasteiger partial charge in [0.05, 0.1) is 5.56 Å². The minimum atomic E-state index is -0.955. The van der Waals surface area contributed by atoms with Gasteiger partial charge in [-0.15, -0.1) is 4.90 Å². The van der Waals surface area contributed by atoms with E-state index in [0.29, 0.717) is 35.8 Å². The fourth-order valence-electron chi connectivity index (χ4n) is 4.63. The Labute approximate surface area is 186 Å². The second-order valence-corrected chi connectivity index (χ2v) is 8.55. The van der Waals surface area contributed by atoms with Gasteiger partial charge >= 0.3 is 11.9 Å². The van der Waals surface area contributed by atoms with E-state index in [1.807, 2.05) is 42.2 Å². The monoisotopic (exact) mass is 432 g/mol. The first kappa shape index (κ1) is 20.4. The average Bonchev–Trinajstić information content (AvgIpc) is 2.97. The van der Waals surface area contributed by atoms with E-state index in [4.69, 9.17) is 4.74 Å². The van der Waals surface area contributed by atoms with Gasteiger partial charge in [-0.1, -0.05) is 42.7 Å². The highest BCUT2D eigenvalue weighted by Crippen LogP contribution is 2.33. The number of rotatable bonds is 3. The third kappa shape index (κ3) is 3.47. The molecule has 0 radical (unpaired) electrons. The van der Waals surface area contributed by atoms with E-state index >= 15 is 0 Å². The minimum Gasteiger partial charge on any atom is -0.469 e. The van der Waals surface area contributed by atoms with Gasteiger partial charge in [0.25, 0.3) is 12.0 Å². The predicted molar refractivity (Wildman–Crippen MR) is 119 cm³/mol. The van der Waals surface area contributed by atoms with Crippen molar-refractivity contribution in [3.8, 4) is 5.75 Å². The molecule has 3 heterocycles. The molecule has 3 aliphatic rings. The molecular weight excluding hydrogens is 406 g/mol. The summed E-state index contributed by atoms with van der Waals surface area (Å²) in [5, 5.41) is 0. The normalized spacial score (nSPS) is 20.6. The van der Waals surface area contributed by atoms with Crippen molar-refractivity contribution in [3.63, 3.8) is 0 Å². The number of imide groups is 1. The molecule has 0 aromatic heterocycles. The van der Waals surface area contributed by atoms with Crippen molar-refractivity contribution in [1.82, 2.24) is 4.90 Å². The van der Waals surface area contributed by atoms with E-state index in [9.17, 15) is 14.4 Å². The van der Waals surface area contributed by atoms with Crippen LogP contribution < -0.4 is 9.64 Å². The van der Waals surface area contributed by atoms with Crippen LogP contribution in [0.2, 0.25) is 0 Å². The molecule has 5 rings (SSSR count). The number of urea groups is 1. The Hall–Kier alpha value is -3.48. The summed E-state index contributed by atoms with van der Waals surface area (Å²) < 4.78 is 7.41. The van der Waals surface area contributed by atoms with Crippen LogP contribution in [0.1, 0.15) is 36.8 Å². The summed E-state index contributed by atoms with van der Waals surface area (Å²) in [6.07, 6.45) is 3.21. The van der Waals surface area contributed by atoms with Gasteiger partial charge in [0.1, 0.15) is 11.4 Å². The molecule has 32 heavy (non-hydrogen) atoms. The van der Waals surface area contributed by atoms with Gasteiger partial charge in [-0.25, -0.2) is 4.79 Å². The molecule has 0 spiro atoms. The van der Waals surface area contributed by atoms with E-state index in [-0.39, 0.29) is 12.5 Å². The van der Waals surface area contributed by atoms with E-state index in [1.165, 1.54) is 4.58 Å². The number of aryl methyl sites for hydroxylation is 1. The number of likely N-dealkylation sites (tertiary alicyclic amines) is 1. The lowest BCUT2D eigenvalue weighted by molar-refractivity contribution is -0.418. The highest BCUT2D eigenvalue weighted by molar-refractivity contribution is 6.29. The second-order valence-electron chi connectivity index (χ2n) is 8.55. The third-order valence-electron chi connectivity index (χ3n) is 6.36. The number of amides is 4. The molecule has 0 aliphatic carbocycles. The first-order valence-electron chi connectivity index (χ1n) is 11.2. The standard InChI is InChI=1S/C25H26N3O4/c1-17-10-12-18(13-11-17)28-24(30)23-22(19-8-4-5-9-20(19)32-23)27(25(28)31)16-21(29)26-14-6-2-3-7-15-26/h4-5,8-13,23H,2-3,6-7,14-16H2,1H3/q+1. The lowest BCUT2D eigenvalue weighted by atomic mass is 10.0. The number of para-hydroxylation sites is 1. The van der Waals surface area contributed by atoms with Crippen molar-refractivity contribution in [2.24, 2.45) is 0 Å². The molecule has 1 fully saturated rings. The number of nitrogens with zero attached hydrogens (tertiary/aromatic N) is 3. The maximum Gasteiger partial charge on any atom is 0.506 e. The molecule has 1 unspecified atom stereocenters. The zero-order valence-corrected chi connectivity index (χ0v) is 18.1. The quantitative estimate of drug-likeness (QED) is 0.699. The molecule has 1 atom stereocenters. The van der Waals surface area contributed by atoms with Crippen LogP contribution in [0.4, 0.5) is 10.5 Å². The zero-order chi connectivity index (χ0) is 22.2. The van der Waals surface area contributed by atoms with Gasteiger partial charge in [-0.05, 0) is 44.0 Å². The Balaban J connectivity index is 1.57. The van der Waals surface area contributed by atoms with Crippen LogP contribution >= 0.6 is 0 Å². The molecule has 7 heteroatoms. The van der Waals surface area contributed by atoms with Crippen molar-refractivity contribution in [3.05, 3.63) is 59.7 Å². The molecule has 0 bridgehead atoms. The van der Waals surface area contributed by atoms with Gasteiger partial charge in [0.15, 0.2) is 12.3 Å². The highest BCUT2D eigenvalue weighted by atomic mass is 16.5. The first-order valence-corrected chi connectivity index (χ1v) is 11.2. The van der Waals surface area contributed by atoms with Gasteiger partial charge in [0, 0.05) is 13.1 Å². The Bertz CT molecular complexity index is 1110. The molecule has 164 valence electrons. The lowest BCUT2D eigenvalue weighted by Gasteiger charge is -2.26. The van der Waals surface area contributed by atoms with E-state index in [1.54, 1.807) is 18.2 Å². The molecule has 3 aliphatic heterocycles. The molecular formula is C25H26N3O4+. The lowest BCUT2D eigenvalue weighted by Crippen LogP contribution is -2.59. The number of carbonyl (C=O) groups excluding carboxylic acids is 3. The molecule has 2 aromatic carbocycles. The van der Waals surface area contributed by atoms with Crippen molar-refractivity contribution in [2.45, 2.75) is 38.7 Å². The maximum absolute atomic E-state index is 13.6. The summed E-state index contributed by atoms with van der Waals surface area (Å²) in [7, 11) is 0. The molecule has 0 N–H and O–H groups in total. The number of carbonyl (C=O) groups is 3.